The van der Waals surface area contributed by atoms with Crippen LogP contribution in [0.4, 0.5) is 0 Å². The van der Waals surface area contributed by atoms with E-state index < -0.39 is 14.2 Å². The molecule has 0 aliphatic carbocycles. The second kappa shape index (κ2) is 12.3. The highest BCUT2D eigenvalue weighted by Crippen LogP contribution is 2.37. The van der Waals surface area contributed by atoms with Crippen LogP contribution in [-0.4, -0.2) is 76.8 Å². The summed E-state index contributed by atoms with van der Waals surface area (Å²) in [5.74, 6) is 0.125. The molecule has 0 radical (unpaired) electrons. The van der Waals surface area contributed by atoms with Gasteiger partial charge in [0.25, 0.3) is 0 Å². The lowest BCUT2D eigenvalue weighted by Crippen LogP contribution is -2.47. The van der Waals surface area contributed by atoms with Gasteiger partial charge in [-0.3, -0.25) is 0 Å². The van der Waals surface area contributed by atoms with Crippen molar-refractivity contribution in [3.63, 3.8) is 0 Å². The molecule has 0 saturated carbocycles. The number of hydrogen-bond donors (Lipinski definition) is 0. The molecule has 3 unspecified atom stereocenters. The lowest BCUT2D eigenvalue weighted by molar-refractivity contribution is -0.202. The monoisotopic (exact) mass is 532 g/mol. The number of carbonyl (C=O) groups is 1. The van der Waals surface area contributed by atoms with Crippen molar-refractivity contribution in [2.75, 3.05) is 25.7 Å². The fourth-order valence-electron chi connectivity index (χ4n) is 5.64. The Labute approximate surface area is 213 Å². The first-order chi connectivity index (χ1) is 15.7. The molecule has 0 N–H and O–H groups in total. The molecular weight excluding hydrogens is 488 g/mol. The van der Waals surface area contributed by atoms with Crippen LogP contribution < -0.4 is 0 Å². The first kappa shape index (κ1) is 27.6. The Morgan fingerprint density at radius 2 is 1.58 bits per heavy atom. The average Bonchev–Trinajstić information content (AvgIpc) is 2.79. The molecule has 0 amide bonds. The zero-order valence-corrected chi connectivity index (χ0v) is 27.2. The largest absolute Gasteiger partial charge is 0.435 e. The molecule has 0 aromatic rings. The fraction of sp³-hybridized carbons (Fsp3) is 0.875. The molecule has 9 heteroatoms. The van der Waals surface area contributed by atoms with Crippen molar-refractivity contribution in [2.24, 2.45) is 0 Å². The summed E-state index contributed by atoms with van der Waals surface area (Å²) in [4.78, 5) is 13.7. The topological polar surface area (TPSA) is 54.0 Å². The van der Waals surface area contributed by atoms with Crippen LogP contribution in [0.2, 0.25) is 13.1 Å². The van der Waals surface area contributed by atoms with Gasteiger partial charge in [-0.05, 0) is 76.2 Å². The number of rotatable bonds is 9. The van der Waals surface area contributed by atoms with Crippen molar-refractivity contribution >= 4 is 46.9 Å². The van der Waals surface area contributed by atoms with Crippen molar-refractivity contribution in [2.45, 2.75) is 106 Å². The fourth-order valence-corrected chi connectivity index (χ4v) is 9.58. The van der Waals surface area contributed by atoms with Gasteiger partial charge in [0, 0.05) is 41.3 Å². The maximum atomic E-state index is 13.7. The van der Waals surface area contributed by atoms with Gasteiger partial charge >= 0.3 is 5.97 Å². The van der Waals surface area contributed by atoms with Crippen LogP contribution in [0.25, 0.3) is 0 Å². The third-order valence-electron chi connectivity index (χ3n) is 7.95. The molecule has 3 fully saturated rings. The highest BCUT2D eigenvalue weighted by atomic mass is 35.5. The highest BCUT2D eigenvalue weighted by Gasteiger charge is 2.39. The zero-order chi connectivity index (χ0) is 24.0. The van der Waals surface area contributed by atoms with Crippen LogP contribution in [0.1, 0.15) is 77.0 Å². The Balaban J connectivity index is 1.85. The van der Waals surface area contributed by atoms with Gasteiger partial charge in [0.2, 0.25) is 0 Å². The normalized spacial score (nSPS) is 34.3. The SMILES string of the molecule is C[SiH](C)C1(CCC(C(=O)OC2([SiH3])CCCCO2)=C(CCl)CC2([SiH3])CCCCO2)CCCCO1. The molecule has 3 atom stereocenters. The number of alkyl halides is 1. The summed E-state index contributed by atoms with van der Waals surface area (Å²) in [6.45, 7) is 7.07. The van der Waals surface area contributed by atoms with E-state index in [4.69, 9.17) is 30.5 Å². The second-order valence-corrected chi connectivity index (χ2v) is 18.0. The smallest absolute Gasteiger partial charge is 0.336 e. The molecule has 3 aliphatic rings. The van der Waals surface area contributed by atoms with E-state index >= 15 is 0 Å². The Kier molecular flexibility index (Phi) is 10.3. The summed E-state index contributed by atoms with van der Waals surface area (Å²) in [5, 5.41) is -0.166. The van der Waals surface area contributed by atoms with E-state index in [9.17, 15) is 4.79 Å². The van der Waals surface area contributed by atoms with Gasteiger partial charge in [0.1, 0.15) is 0 Å². The molecule has 3 saturated heterocycles. The minimum atomic E-state index is -1.08. The molecule has 0 aromatic heterocycles. The molecule has 5 nitrogen and oxygen atoms in total. The molecule has 33 heavy (non-hydrogen) atoms. The minimum absolute atomic E-state index is 0.0405. The highest BCUT2D eigenvalue weighted by molar-refractivity contribution is 6.59. The van der Waals surface area contributed by atoms with Gasteiger partial charge in [0.05, 0.1) is 36.1 Å². The third-order valence-corrected chi connectivity index (χ3v) is 13.3. The summed E-state index contributed by atoms with van der Waals surface area (Å²) in [6, 6.07) is 0. The standard InChI is InChI=1S/C24H45ClO5Si3/c1-33(2)23(11-4-7-15-28-23)13-9-20(21(26)30-24(32)12-5-8-16-29-24)19(18-25)17-22(31)10-3-6-14-27-22/h33H,3-18H2,1-2,31-32H3. The Morgan fingerprint density at radius 3 is 2.09 bits per heavy atom. The second-order valence-electron chi connectivity index (χ2n) is 11.0. The van der Waals surface area contributed by atoms with Crippen LogP contribution >= 0.6 is 11.6 Å². The van der Waals surface area contributed by atoms with Gasteiger partial charge in [0.15, 0.2) is 5.41 Å². The summed E-state index contributed by atoms with van der Waals surface area (Å²) in [5.41, 5.74) is 1.07. The minimum Gasteiger partial charge on any atom is -0.435 e. The number of hydrogen-bond acceptors (Lipinski definition) is 5. The Hall–Kier alpha value is 0.0306. The Morgan fingerprint density at radius 1 is 0.939 bits per heavy atom. The molecule has 3 heterocycles. The molecule has 3 aliphatic heterocycles. The van der Waals surface area contributed by atoms with Crippen LogP contribution in [0.15, 0.2) is 11.1 Å². The van der Waals surface area contributed by atoms with E-state index in [-0.39, 0.29) is 16.4 Å². The quantitative estimate of drug-likeness (QED) is 0.198. The van der Waals surface area contributed by atoms with Crippen molar-refractivity contribution in [1.29, 1.82) is 0 Å². The van der Waals surface area contributed by atoms with Gasteiger partial charge in [-0.1, -0.05) is 13.1 Å². The third kappa shape index (κ3) is 7.51. The maximum absolute atomic E-state index is 13.7. The number of ether oxygens (including phenoxy) is 4. The van der Waals surface area contributed by atoms with Gasteiger partial charge < -0.3 is 18.9 Å². The molecule has 3 rings (SSSR count). The van der Waals surface area contributed by atoms with Gasteiger partial charge in [-0.2, -0.15) is 0 Å². The number of halogens is 1. The molecule has 0 aromatic carbocycles. The average molecular weight is 533 g/mol. The van der Waals surface area contributed by atoms with Crippen LogP contribution in [0, 0.1) is 0 Å². The predicted molar refractivity (Wildman–Crippen MR) is 144 cm³/mol. The van der Waals surface area contributed by atoms with Crippen molar-refractivity contribution < 1.29 is 23.7 Å². The van der Waals surface area contributed by atoms with E-state index in [2.05, 4.69) is 13.1 Å². The molecule has 0 spiro atoms. The summed E-state index contributed by atoms with van der Waals surface area (Å²) in [7, 11) is 0.514. The van der Waals surface area contributed by atoms with E-state index in [1.165, 1.54) is 12.8 Å². The first-order valence-electron chi connectivity index (χ1n) is 13.1. The number of carbonyl (C=O) groups excluding carboxylic acids is 1. The lowest BCUT2D eigenvalue weighted by atomic mass is 9.93. The van der Waals surface area contributed by atoms with E-state index in [0.29, 0.717) is 29.2 Å². The predicted octanol–water partition coefficient (Wildman–Crippen LogP) is 2.68. The molecule has 190 valence electrons. The van der Waals surface area contributed by atoms with Crippen molar-refractivity contribution in [3.05, 3.63) is 11.1 Å². The van der Waals surface area contributed by atoms with Crippen molar-refractivity contribution in [1.82, 2.24) is 0 Å². The van der Waals surface area contributed by atoms with Crippen LogP contribution in [0.5, 0.6) is 0 Å². The Bertz CT molecular complexity index is 682. The van der Waals surface area contributed by atoms with E-state index in [1.54, 1.807) is 0 Å². The molecular formula is C24H45ClO5Si3. The van der Waals surface area contributed by atoms with Crippen LogP contribution in [0.3, 0.4) is 0 Å². The number of esters is 1. The first-order valence-corrected chi connectivity index (χ1v) is 18.6. The summed E-state index contributed by atoms with van der Waals surface area (Å²) < 4.78 is 24.7. The van der Waals surface area contributed by atoms with Gasteiger partial charge in [-0.25, -0.2) is 4.79 Å². The van der Waals surface area contributed by atoms with Gasteiger partial charge in [-0.15, -0.1) is 11.6 Å². The zero-order valence-electron chi connectivity index (χ0n) is 21.3. The maximum Gasteiger partial charge on any atom is 0.336 e. The lowest BCUT2D eigenvalue weighted by Gasteiger charge is -2.41. The van der Waals surface area contributed by atoms with E-state index in [0.717, 1.165) is 92.4 Å². The summed E-state index contributed by atoms with van der Waals surface area (Å²) in [6.07, 6.45) is 12.0. The van der Waals surface area contributed by atoms with Crippen molar-refractivity contribution in [3.8, 4) is 0 Å². The van der Waals surface area contributed by atoms with Crippen LogP contribution in [-0.2, 0) is 23.7 Å². The summed E-state index contributed by atoms with van der Waals surface area (Å²) >= 11 is 6.53. The molecule has 0 bridgehead atoms. The van der Waals surface area contributed by atoms with E-state index in [1.807, 2.05) is 0 Å².